The Morgan fingerprint density at radius 1 is 0.630 bits per heavy atom. The van der Waals surface area contributed by atoms with E-state index in [4.69, 9.17) is 5.11 Å². The summed E-state index contributed by atoms with van der Waals surface area (Å²) in [5, 5.41) is 8.55. The molecule has 0 rings (SSSR count). The van der Waals surface area contributed by atoms with Gasteiger partial charge in [-0.3, -0.25) is 4.79 Å². The highest BCUT2D eigenvalue weighted by Crippen LogP contribution is 2.14. The van der Waals surface area contributed by atoms with E-state index in [1.54, 1.807) is 0 Å². The van der Waals surface area contributed by atoms with Crippen LogP contribution in [0.2, 0.25) is 0 Å². The van der Waals surface area contributed by atoms with Crippen molar-refractivity contribution in [3.8, 4) is 0 Å². The third kappa shape index (κ3) is 24.9. The standard InChI is InChI=1S/C25H46O2/c1-24(2)22-20-18-16-14-12-10-8-6-4-3-5-7-9-11-13-15-17-19-21-23-25(26)27/h7,9,15,17,24H,3-6,8,10-14,16,18-23H2,1-2H3,(H,26,27). The molecule has 0 aromatic heterocycles. The van der Waals surface area contributed by atoms with Crippen LogP contribution in [0, 0.1) is 5.92 Å². The van der Waals surface area contributed by atoms with Gasteiger partial charge < -0.3 is 5.11 Å². The lowest BCUT2D eigenvalue weighted by Gasteiger charge is -2.04. The summed E-state index contributed by atoms with van der Waals surface area (Å²) in [7, 11) is 0. The summed E-state index contributed by atoms with van der Waals surface area (Å²) >= 11 is 0. The molecule has 0 aromatic rings. The second kappa shape index (κ2) is 21.3. The number of allylic oxidation sites excluding steroid dienone is 4. The topological polar surface area (TPSA) is 37.3 Å². The molecule has 0 aliphatic carbocycles. The van der Waals surface area contributed by atoms with Crippen molar-refractivity contribution in [3.05, 3.63) is 24.3 Å². The van der Waals surface area contributed by atoms with Crippen LogP contribution in [0.3, 0.4) is 0 Å². The van der Waals surface area contributed by atoms with Crippen LogP contribution >= 0.6 is 0 Å². The summed E-state index contributed by atoms with van der Waals surface area (Å²) in [4.78, 5) is 10.4. The van der Waals surface area contributed by atoms with E-state index in [1.165, 1.54) is 77.0 Å². The number of hydrogen-bond donors (Lipinski definition) is 1. The average molecular weight is 379 g/mol. The highest BCUT2D eigenvalue weighted by Gasteiger charge is 1.95. The summed E-state index contributed by atoms with van der Waals surface area (Å²) in [6.07, 6.45) is 29.8. The van der Waals surface area contributed by atoms with Crippen molar-refractivity contribution in [1.82, 2.24) is 0 Å². The number of hydrogen-bond acceptors (Lipinski definition) is 1. The van der Waals surface area contributed by atoms with Crippen LogP contribution in [-0.2, 0) is 4.79 Å². The van der Waals surface area contributed by atoms with Gasteiger partial charge in [0.2, 0.25) is 0 Å². The number of carbonyl (C=O) groups is 1. The molecular formula is C25H46O2. The highest BCUT2D eigenvalue weighted by atomic mass is 16.4. The van der Waals surface area contributed by atoms with Gasteiger partial charge in [-0.2, -0.15) is 0 Å². The molecule has 0 saturated heterocycles. The Morgan fingerprint density at radius 2 is 1.04 bits per heavy atom. The summed E-state index contributed by atoms with van der Waals surface area (Å²) in [5.74, 6) is 0.178. The van der Waals surface area contributed by atoms with Crippen molar-refractivity contribution in [2.24, 2.45) is 5.92 Å². The molecule has 1 N–H and O–H groups in total. The average Bonchev–Trinajstić information content (AvgIpc) is 2.62. The molecule has 0 amide bonds. The van der Waals surface area contributed by atoms with E-state index in [2.05, 4.69) is 38.2 Å². The van der Waals surface area contributed by atoms with Crippen molar-refractivity contribution in [2.45, 2.75) is 123 Å². The molecule has 0 fully saturated rings. The van der Waals surface area contributed by atoms with E-state index in [-0.39, 0.29) is 6.42 Å². The molecule has 0 aliphatic heterocycles. The number of unbranched alkanes of at least 4 members (excludes halogenated alkanes) is 12. The van der Waals surface area contributed by atoms with Crippen molar-refractivity contribution in [2.75, 3.05) is 0 Å². The fourth-order valence-electron chi connectivity index (χ4n) is 3.26. The Kier molecular flexibility index (Phi) is 20.4. The van der Waals surface area contributed by atoms with Crippen LogP contribution in [0.15, 0.2) is 24.3 Å². The minimum Gasteiger partial charge on any atom is -0.481 e. The summed E-state index contributed by atoms with van der Waals surface area (Å²) in [6.45, 7) is 4.64. The Bertz CT molecular complexity index is 369. The zero-order chi connectivity index (χ0) is 20.0. The number of aliphatic carboxylic acids is 1. The maximum absolute atomic E-state index is 10.4. The van der Waals surface area contributed by atoms with E-state index in [0.717, 1.165) is 31.6 Å². The minimum atomic E-state index is -0.696. The van der Waals surface area contributed by atoms with Gasteiger partial charge in [0, 0.05) is 6.42 Å². The number of carboxylic acid groups (broad SMARTS) is 1. The van der Waals surface area contributed by atoms with Crippen molar-refractivity contribution in [1.29, 1.82) is 0 Å². The Hall–Kier alpha value is -1.05. The zero-order valence-electron chi connectivity index (χ0n) is 18.3. The predicted molar refractivity (Wildman–Crippen MR) is 119 cm³/mol. The van der Waals surface area contributed by atoms with Gasteiger partial charge in [-0.15, -0.1) is 0 Å². The first-order valence-corrected chi connectivity index (χ1v) is 11.6. The second-order valence-corrected chi connectivity index (χ2v) is 8.31. The van der Waals surface area contributed by atoms with Gasteiger partial charge in [-0.25, -0.2) is 0 Å². The zero-order valence-corrected chi connectivity index (χ0v) is 18.3. The van der Waals surface area contributed by atoms with Crippen LogP contribution in [-0.4, -0.2) is 11.1 Å². The molecule has 0 heterocycles. The first kappa shape index (κ1) is 26.0. The molecule has 0 spiro atoms. The van der Waals surface area contributed by atoms with Gasteiger partial charge in [0.1, 0.15) is 0 Å². The van der Waals surface area contributed by atoms with Crippen molar-refractivity contribution >= 4 is 5.97 Å². The third-order valence-electron chi connectivity index (χ3n) is 5.00. The van der Waals surface area contributed by atoms with Crippen molar-refractivity contribution < 1.29 is 9.90 Å². The lowest BCUT2D eigenvalue weighted by molar-refractivity contribution is -0.137. The highest BCUT2D eigenvalue weighted by molar-refractivity contribution is 5.66. The molecule has 0 saturated carbocycles. The second-order valence-electron chi connectivity index (χ2n) is 8.31. The van der Waals surface area contributed by atoms with E-state index < -0.39 is 5.97 Å². The van der Waals surface area contributed by atoms with Gasteiger partial charge in [0.15, 0.2) is 0 Å². The van der Waals surface area contributed by atoms with E-state index >= 15 is 0 Å². The largest absolute Gasteiger partial charge is 0.481 e. The molecule has 158 valence electrons. The quantitative estimate of drug-likeness (QED) is 0.170. The third-order valence-corrected chi connectivity index (χ3v) is 5.00. The van der Waals surface area contributed by atoms with Crippen LogP contribution in [0.4, 0.5) is 0 Å². The lowest BCUT2D eigenvalue weighted by atomic mass is 10.0. The van der Waals surface area contributed by atoms with Crippen LogP contribution in [0.1, 0.15) is 123 Å². The Balaban J connectivity index is 3.16. The van der Waals surface area contributed by atoms with Gasteiger partial charge in [-0.1, -0.05) is 102 Å². The van der Waals surface area contributed by atoms with Gasteiger partial charge in [0.05, 0.1) is 0 Å². The molecule has 0 radical (unpaired) electrons. The summed E-state index contributed by atoms with van der Waals surface area (Å²) in [6, 6.07) is 0. The smallest absolute Gasteiger partial charge is 0.303 e. The number of rotatable bonds is 20. The van der Waals surface area contributed by atoms with Crippen molar-refractivity contribution in [3.63, 3.8) is 0 Å². The fourth-order valence-corrected chi connectivity index (χ4v) is 3.26. The fraction of sp³-hybridized carbons (Fsp3) is 0.800. The van der Waals surface area contributed by atoms with Gasteiger partial charge in [0.25, 0.3) is 0 Å². The van der Waals surface area contributed by atoms with E-state index in [0.29, 0.717) is 0 Å². The minimum absolute atomic E-state index is 0.280. The van der Waals surface area contributed by atoms with Gasteiger partial charge >= 0.3 is 5.97 Å². The Labute approximate surface area is 169 Å². The molecule has 2 heteroatoms. The predicted octanol–water partition coefficient (Wildman–Crippen LogP) is 8.47. The van der Waals surface area contributed by atoms with E-state index in [9.17, 15) is 4.79 Å². The first-order chi connectivity index (χ1) is 13.1. The Morgan fingerprint density at radius 3 is 1.52 bits per heavy atom. The lowest BCUT2D eigenvalue weighted by Crippen LogP contribution is -1.92. The molecule has 0 aromatic carbocycles. The molecule has 0 aliphatic rings. The van der Waals surface area contributed by atoms with Crippen LogP contribution in [0.5, 0.6) is 0 Å². The maximum atomic E-state index is 10.4. The summed E-state index contributed by atoms with van der Waals surface area (Å²) in [5.41, 5.74) is 0. The molecule has 27 heavy (non-hydrogen) atoms. The number of carboxylic acids is 1. The SMILES string of the molecule is CC(C)CCCCCCCCCCCCC=CCCC=CCCCC(=O)O. The molecule has 0 bridgehead atoms. The molecule has 0 atom stereocenters. The molecule has 0 unspecified atom stereocenters. The van der Waals surface area contributed by atoms with Crippen LogP contribution in [0.25, 0.3) is 0 Å². The summed E-state index contributed by atoms with van der Waals surface area (Å²) < 4.78 is 0. The van der Waals surface area contributed by atoms with Crippen LogP contribution < -0.4 is 0 Å². The first-order valence-electron chi connectivity index (χ1n) is 11.6. The molecule has 2 nitrogen and oxygen atoms in total. The van der Waals surface area contributed by atoms with Gasteiger partial charge in [-0.05, 0) is 44.4 Å². The normalized spacial score (nSPS) is 12.0. The monoisotopic (exact) mass is 378 g/mol. The maximum Gasteiger partial charge on any atom is 0.303 e. The van der Waals surface area contributed by atoms with E-state index in [1.807, 2.05) is 0 Å². The molecular weight excluding hydrogens is 332 g/mol.